The summed E-state index contributed by atoms with van der Waals surface area (Å²) in [4.78, 5) is 47.3. The molecule has 1 atom stereocenters. The number of non-ortho nitro benzene ring substituents is 1. The van der Waals surface area contributed by atoms with Crippen molar-refractivity contribution in [3.05, 3.63) is 80.2 Å². The fraction of sp³-hybridized carbons (Fsp3) is 0.150. The fourth-order valence-corrected chi connectivity index (χ4v) is 2.82. The quantitative estimate of drug-likeness (QED) is 0.270. The molecule has 0 unspecified atom stereocenters. The maximum Gasteiger partial charge on any atom is 0.349 e. The summed E-state index contributed by atoms with van der Waals surface area (Å²) in [6, 6.07) is 9.65. The van der Waals surface area contributed by atoms with Gasteiger partial charge in [-0.05, 0) is 29.8 Å². The number of amides is 1. The Morgan fingerprint density at radius 1 is 1.20 bits per heavy atom. The third kappa shape index (κ3) is 4.43. The number of carbonyl (C=O) groups excluding carboxylic acids is 2. The number of carbonyl (C=O) groups is 2. The van der Waals surface area contributed by atoms with E-state index in [1.54, 1.807) is 12.1 Å². The average Bonchev–Trinajstić information content (AvgIpc) is 2.73. The van der Waals surface area contributed by atoms with Crippen LogP contribution in [0, 0.1) is 10.1 Å². The van der Waals surface area contributed by atoms with Gasteiger partial charge in [0.1, 0.15) is 22.9 Å². The Morgan fingerprint density at radius 3 is 2.53 bits per heavy atom. The predicted molar refractivity (Wildman–Crippen MR) is 104 cm³/mol. The van der Waals surface area contributed by atoms with E-state index < -0.39 is 34.0 Å². The van der Waals surface area contributed by atoms with Crippen molar-refractivity contribution >= 4 is 28.5 Å². The monoisotopic (exact) mass is 412 g/mol. The average molecular weight is 412 g/mol. The smallest absolute Gasteiger partial charge is 0.349 e. The zero-order valence-corrected chi connectivity index (χ0v) is 15.7. The van der Waals surface area contributed by atoms with Gasteiger partial charge in [0.2, 0.25) is 0 Å². The topological polar surface area (TPSA) is 149 Å². The second-order valence-corrected chi connectivity index (χ2v) is 6.35. The second kappa shape index (κ2) is 8.43. The number of hydrogen-bond acceptors (Lipinski definition) is 8. The van der Waals surface area contributed by atoms with E-state index in [2.05, 4.69) is 5.32 Å². The molecule has 10 nitrogen and oxygen atoms in total. The highest BCUT2D eigenvalue weighted by Gasteiger charge is 2.25. The number of rotatable bonds is 6. The highest BCUT2D eigenvalue weighted by molar-refractivity contribution is 5.98. The van der Waals surface area contributed by atoms with Gasteiger partial charge in [0.05, 0.1) is 12.0 Å². The van der Waals surface area contributed by atoms with Crippen molar-refractivity contribution in [3.63, 3.8) is 0 Å². The Labute approximate surface area is 168 Å². The van der Waals surface area contributed by atoms with Crippen molar-refractivity contribution < 1.29 is 28.8 Å². The number of nitro benzene ring substituents is 1. The standard InChI is InChI=1S/C20H16N2O8/c1-29-20(26)16(8-11-2-5-14(23)6-3-11)21-18(24)15-10-12-9-13(22(27)28)4-7-17(12)30-19(15)25/h2-7,9-10,16,23H,8H2,1H3,(H,21,24)/t16-/m0/s1. The minimum Gasteiger partial charge on any atom is -0.508 e. The summed E-state index contributed by atoms with van der Waals surface area (Å²) in [5.74, 6) is -1.59. The first-order chi connectivity index (χ1) is 14.3. The molecule has 2 aromatic carbocycles. The molecule has 0 spiro atoms. The van der Waals surface area contributed by atoms with E-state index in [4.69, 9.17) is 9.15 Å². The number of nitro groups is 1. The molecule has 0 aliphatic heterocycles. The zero-order chi connectivity index (χ0) is 21.8. The molecule has 1 aromatic heterocycles. The summed E-state index contributed by atoms with van der Waals surface area (Å²) in [6.45, 7) is 0. The summed E-state index contributed by atoms with van der Waals surface area (Å²) in [7, 11) is 1.15. The number of phenolic OH excluding ortho intramolecular Hbond substituents is 1. The van der Waals surface area contributed by atoms with Gasteiger partial charge in [0, 0.05) is 23.9 Å². The molecular weight excluding hydrogens is 396 g/mol. The molecule has 0 aliphatic carbocycles. The van der Waals surface area contributed by atoms with Crippen molar-refractivity contribution in [1.82, 2.24) is 5.32 Å². The molecule has 10 heteroatoms. The molecule has 0 fully saturated rings. The van der Waals surface area contributed by atoms with Gasteiger partial charge in [0.25, 0.3) is 11.6 Å². The first-order valence-corrected chi connectivity index (χ1v) is 8.67. The molecule has 3 rings (SSSR count). The van der Waals surface area contributed by atoms with E-state index in [9.17, 15) is 29.6 Å². The molecule has 0 saturated carbocycles. The molecule has 0 bridgehead atoms. The minimum absolute atomic E-state index is 0.0419. The van der Waals surface area contributed by atoms with E-state index in [1.165, 1.54) is 36.4 Å². The van der Waals surface area contributed by atoms with Gasteiger partial charge in [-0.2, -0.15) is 0 Å². The highest BCUT2D eigenvalue weighted by Crippen LogP contribution is 2.20. The van der Waals surface area contributed by atoms with Crippen LogP contribution in [-0.4, -0.2) is 35.1 Å². The molecule has 154 valence electrons. The fourth-order valence-electron chi connectivity index (χ4n) is 2.82. The number of methoxy groups -OCH3 is 1. The molecule has 0 radical (unpaired) electrons. The Balaban J connectivity index is 1.90. The molecule has 3 aromatic rings. The molecule has 1 heterocycles. The lowest BCUT2D eigenvalue weighted by molar-refractivity contribution is -0.384. The van der Waals surface area contributed by atoms with Crippen LogP contribution in [0.2, 0.25) is 0 Å². The lowest BCUT2D eigenvalue weighted by atomic mass is 10.1. The van der Waals surface area contributed by atoms with Gasteiger partial charge in [0.15, 0.2) is 0 Å². The third-order valence-corrected chi connectivity index (χ3v) is 4.34. The van der Waals surface area contributed by atoms with Crippen LogP contribution in [-0.2, 0) is 16.0 Å². The number of ether oxygens (including phenoxy) is 1. The van der Waals surface area contributed by atoms with Crippen molar-refractivity contribution in [1.29, 1.82) is 0 Å². The second-order valence-electron chi connectivity index (χ2n) is 6.35. The van der Waals surface area contributed by atoms with Crippen LogP contribution in [0.15, 0.2) is 57.7 Å². The number of fused-ring (bicyclic) bond motifs is 1. The third-order valence-electron chi connectivity index (χ3n) is 4.34. The van der Waals surface area contributed by atoms with Gasteiger partial charge in [-0.1, -0.05) is 12.1 Å². The largest absolute Gasteiger partial charge is 0.508 e. The van der Waals surface area contributed by atoms with Gasteiger partial charge in [-0.3, -0.25) is 14.9 Å². The summed E-state index contributed by atoms with van der Waals surface area (Å²) < 4.78 is 9.77. The molecule has 30 heavy (non-hydrogen) atoms. The molecule has 2 N–H and O–H groups in total. The van der Waals surface area contributed by atoms with Crippen molar-refractivity contribution in [2.45, 2.75) is 12.5 Å². The summed E-state index contributed by atoms with van der Waals surface area (Å²) in [5, 5.41) is 22.9. The van der Waals surface area contributed by atoms with Crippen molar-refractivity contribution in [2.75, 3.05) is 7.11 Å². The number of aromatic hydroxyl groups is 1. The molecule has 0 aliphatic rings. The van der Waals surface area contributed by atoms with Crippen LogP contribution in [0.1, 0.15) is 15.9 Å². The Kier molecular flexibility index (Phi) is 5.77. The van der Waals surface area contributed by atoms with Gasteiger partial charge in [-0.25, -0.2) is 9.59 Å². The minimum atomic E-state index is -1.12. The Hall–Kier alpha value is -4.21. The lowest BCUT2D eigenvalue weighted by Gasteiger charge is -2.16. The number of nitrogens with zero attached hydrogens (tertiary/aromatic N) is 1. The number of benzene rings is 2. The maximum atomic E-state index is 12.7. The van der Waals surface area contributed by atoms with Gasteiger partial charge < -0.3 is 19.6 Å². The van der Waals surface area contributed by atoms with E-state index in [0.717, 1.165) is 7.11 Å². The Bertz CT molecular complexity index is 1180. The zero-order valence-electron chi connectivity index (χ0n) is 15.7. The summed E-state index contributed by atoms with van der Waals surface area (Å²) >= 11 is 0. The highest BCUT2D eigenvalue weighted by atomic mass is 16.6. The number of phenols is 1. The van der Waals surface area contributed by atoms with Crippen LogP contribution < -0.4 is 10.9 Å². The molecular formula is C20H16N2O8. The van der Waals surface area contributed by atoms with Crippen LogP contribution in [0.3, 0.4) is 0 Å². The van der Waals surface area contributed by atoms with E-state index >= 15 is 0 Å². The van der Waals surface area contributed by atoms with Crippen molar-refractivity contribution in [2.24, 2.45) is 0 Å². The summed E-state index contributed by atoms with van der Waals surface area (Å²) in [6.07, 6.45) is 0.0447. The maximum absolute atomic E-state index is 12.7. The van der Waals surface area contributed by atoms with Gasteiger partial charge in [-0.15, -0.1) is 0 Å². The van der Waals surface area contributed by atoms with Gasteiger partial charge >= 0.3 is 11.6 Å². The molecule has 0 saturated heterocycles. The number of esters is 1. The van der Waals surface area contributed by atoms with Crippen LogP contribution in [0.5, 0.6) is 5.75 Å². The normalized spacial score (nSPS) is 11.6. The molecule has 1 amide bonds. The Morgan fingerprint density at radius 2 is 1.90 bits per heavy atom. The van der Waals surface area contributed by atoms with Crippen LogP contribution in [0.25, 0.3) is 11.0 Å². The number of hydrogen-bond donors (Lipinski definition) is 2. The first kappa shape index (κ1) is 20.5. The number of nitrogens with one attached hydrogen (secondary N) is 1. The van der Waals surface area contributed by atoms with Crippen LogP contribution >= 0.6 is 0 Å². The summed E-state index contributed by atoms with van der Waals surface area (Å²) in [5.41, 5.74) is -0.896. The van der Waals surface area contributed by atoms with Crippen LogP contribution in [0.4, 0.5) is 5.69 Å². The van der Waals surface area contributed by atoms with Crippen molar-refractivity contribution in [3.8, 4) is 5.75 Å². The van der Waals surface area contributed by atoms with E-state index in [1.807, 2.05) is 0 Å². The predicted octanol–water partition coefficient (Wildman–Crippen LogP) is 1.92. The van der Waals surface area contributed by atoms with E-state index in [-0.39, 0.29) is 28.8 Å². The SMILES string of the molecule is COC(=O)[C@H](Cc1ccc(O)cc1)NC(=O)c1cc2cc([N+](=O)[O-])ccc2oc1=O. The lowest BCUT2D eigenvalue weighted by Crippen LogP contribution is -2.44. The van der Waals surface area contributed by atoms with E-state index in [0.29, 0.717) is 5.56 Å². The first-order valence-electron chi connectivity index (χ1n) is 8.67.